The predicted octanol–water partition coefficient (Wildman–Crippen LogP) is 3.82. The van der Waals surface area contributed by atoms with Crippen LogP contribution < -0.4 is 10.1 Å². The molecule has 0 saturated heterocycles. The first kappa shape index (κ1) is 12.2. The van der Waals surface area contributed by atoms with Gasteiger partial charge in [0.1, 0.15) is 5.75 Å². The predicted molar refractivity (Wildman–Crippen MR) is 77.0 cm³/mol. The van der Waals surface area contributed by atoms with E-state index in [1.807, 2.05) is 42.5 Å². The second-order valence-electron chi connectivity index (χ2n) is 4.05. The Morgan fingerprint density at radius 3 is 2.33 bits per heavy atom. The van der Waals surface area contributed by atoms with Crippen molar-refractivity contribution < 1.29 is 4.74 Å². The summed E-state index contributed by atoms with van der Waals surface area (Å²) in [7, 11) is 1.67. The van der Waals surface area contributed by atoms with Gasteiger partial charge in [0.2, 0.25) is 0 Å². The number of nitrogens with one attached hydrogen (secondary N) is 1. The average Bonchev–Trinajstić information content (AvgIpc) is 2.46. The van der Waals surface area contributed by atoms with Gasteiger partial charge in [-0.2, -0.15) is 0 Å². The zero-order valence-corrected chi connectivity index (χ0v) is 10.5. The molecule has 0 amide bonds. The van der Waals surface area contributed by atoms with Crippen molar-refractivity contribution >= 4 is 11.3 Å². The minimum atomic E-state index is 0.732. The van der Waals surface area contributed by atoms with Gasteiger partial charge in [0.25, 0.3) is 0 Å². The highest BCUT2D eigenvalue weighted by atomic mass is 16.5. The Labute approximate surface area is 108 Å². The van der Waals surface area contributed by atoms with Gasteiger partial charge in [0, 0.05) is 12.2 Å². The molecule has 0 aromatic heterocycles. The molecule has 0 aliphatic carbocycles. The normalized spacial score (nSPS) is 9.83. The van der Waals surface area contributed by atoms with Gasteiger partial charge in [0.05, 0.1) is 7.11 Å². The van der Waals surface area contributed by atoms with Gasteiger partial charge in [-0.15, -0.1) is 0 Å². The fourth-order valence-electron chi connectivity index (χ4n) is 1.69. The standard InChI is InChI=1S/C16H17NO/c1-13(14-6-4-3-5-7-14)12-17-15-8-10-16(18-2)11-9-15/h3-11,17H,1,12H2,2H3. The zero-order valence-electron chi connectivity index (χ0n) is 10.5. The van der Waals surface area contributed by atoms with Crippen LogP contribution in [0.1, 0.15) is 5.56 Å². The number of anilines is 1. The average molecular weight is 239 g/mol. The molecule has 1 N–H and O–H groups in total. The van der Waals surface area contributed by atoms with Crippen LogP contribution in [0.4, 0.5) is 5.69 Å². The van der Waals surface area contributed by atoms with E-state index >= 15 is 0 Å². The van der Waals surface area contributed by atoms with Crippen LogP contribution in [0.25, 0.3) is 5.57 Å². The van der Waals surface area contributed by atoms with Gasteiger partial charge in [-0.25, -0.2) is 0 Å². The molecular formula is C16H17NO. The van der Waals surface area contributed by atoms with Crippen LogP contribution in [0.3, 0.4) is 0 Å². The molecule has 2 rings (SSSR count). The molecule has 0 radical (unpaired) electrons. The summed E-state index contributed by atoms with van der Waals surface area (Å²) in [4.78, 5) is 0. The van der Waals surface area contributed by atoms with Crippen LogP contribution >= 0.6 is 0 Å². The van der Waals surface area contributed by atoms with E-state index in [0.29, 0.717) is 0 Å². The molecule has 2 aromatic carbocycles. The highest BCUT2D eigenvalue weighted by Crippen LogP contribution is 2.17. The third-order valence-corrected chi connectivity index (χ3v) is 2.78. The van der Waals surface area contributed by atoms with E-state index in [4.69, 9.17) is 4.74 Å². The van der Waals surface area contributed by atoms with Crippen LogP contribution in [0.2, 0.25) is 0 Å². The summed E-state index contributed by atoms with van der Waals surface area (Å²) in [5.41, 5.74) is 3.30. The van der Waals surface area contributed by atoms with Gasteiger partial charge < -0.3 is 10.1 Å². The number of rotatable bonds is 5. The molecule has 0 heterocycles. The summed E-state index contributed by atoms with van der Waals surface area (Å²) in [5.74, 6) is 0.863. The Balaban J connectivity index is 1.93. The van der Waals surface area contributed by atoms with Crippen LogP contribution in [-0.2, 0) is 0 Å². The lowest BCUT2D eigenvalue weighted by Crippen LogP contribution is -2.03. The number of hydrogen-bond acceptors (Lipinski definition) is 2. The summed E-state index contributed by atoms with van der Waals surface area (Å²) in [6.07, 6.45) is 0. The Kier molecular flexibility index (Phi) is 4.02. The topological polar surface area (TPSA) is 21.3 Å². The SMILES string of the molecule is C=C(CNc1ccc(OC)cc1)c1ccccc1. The number of hydrogen-bond donors (Lipinski definition) is 1. The van der Waals surface area contributed by atoms with Crippen LogP contribution in [0.15, 0.2) is 61.2 Å². The van der Waals surface area contributed by atoms with E-state index in [-0.39, 0.29) is 0 Å². The molecule has 2 nitrogen and oxygen atoms in total. The van der Waals surface area contributed by atoms with Crippen molar-refractivity contribution in [2.24, 2.45) is 0 Å². The monoisotopic (exact) mass is 239 g/mol. The van der Waals surface area contributed by atoms with E-state index < -0.39 is 0 Å². The molecule has 92 valence electrons. The number of methoxy groups -OCH3 is 1. The van der Waals surface area contributed by atoms with E-state index in [1.165, 1.54) is 5.56 Å². The van der Waals surface area contributed by atoms with Gasteiger partial charge in [-0.05, 0) is 35.4 Å². The van der Waals surface area contributed by atoms with Gasteiger partial charge in [0.15, 0.2) is 0 Å². The molecular weight excluding hydrogens is 222 g/mol. The van der Waals surface area contributed by atoms with E-state index in [1.54, 1.807) is 7.11 Å². The Hall–Kier alpha value is -2.22. The lowest BCUT2D eigenvalue weighted by Gasteiger charge is -2.09. The van der Waals surface area contributed by atoms with Crippen molar-refractivity contribution in [1.82, 2.24) is 0 Å². The lowest BCUT2D eigenvalue weighted by molar-refractivity contribution is 0.415. The van der Waals surface area contributed by atoms with E-state index in [9.17, 15) is 0 Å². The second kappa shape index (κ2) is 5.92. The third-order valence-electron chi connectivity index (χ3n) is 2.78. The van der Waals surface area contributed by atoms with Crippen molar-refractivity contribution in [3.63, 3.8) is 0 Å². The summed E-state index contributed by atoms with van der Waals surface area (Å²) in [5, 5.41) is 3.34. The van der Waals surface area contributed by atoms with E-state index in [2.05, 4.69) is 24.0 Å². The fraction of sp³-hybridized carbons (Fsp3) is 0.125. The molecule has 0 aliphatic heterocycles. The molecule has 0 saturated carbocycles. The maximum Gasteiger partial charge on any atom is 0.119 e. The largest absolute Gasteiger partial charge is 0.497 e. The lowest BCUT2D eigenvalue weighted by atomic mass is 10.1. The highest BCUT2D eigenvalue weighted by molar-refractivity contribution is 5.67. The van der Waals surface area contributed by atoms with Crippen molar-refractivity contribution in [3.05, 3.63) is 66.7 Å². The van der Waals surface area contributed by atoms with Gasteiger partial charge in [-0.1, -0.05) is 36.9 Å². The van der Waals surface area contributed by atoms with E-state index in [0.717, 1.165) is 23.6 Å². The summed E-state index contributed by atoms with van der Waals surface area (Å²) in [6.45, 7) is 4.82. The maximum atomic E-state index is 5.12. The first-order chi connectivity index (χ1) is 8.79. The van der Waals surface area contributed by atoms with Crippen molar-refractivity contribution in [1.29, 1.82) is 0 Å². The molecule has 2 aromatic rings. The van der Waals surface area contributed by atoms with Gasteiger partial charge in [-0.3, -0.25) is 0 Å². The summed E-state index contributed by atoms with van der Waals surface area (Å²) < 4.78 is 5.12. The molecule has 0 spiro atoms. The van der Waals surface area contributed by atoms with Crippen molar-refractivity contribution in [2.45, 2.75) is 0 Å². The number of benzene rings is 2. The first-order valence-electron chi connectivity index (χ1n) is 5.91. The zero-order chi connectivity index (χ0) is 12.8. The molecule has 0 unspecified atom stereocenters. The Morgan fingerprint density at radius 2 is 1.72 bits per heavy atom. The maximum absolute atomic E-state index is 5.12. The Morgan fingerprint density at radius 1 is 1.06 bits per heavy atom. The highest BCUT2D eigenvalue weighted by Gasteiger charge is 1.98. The molecule has 0 aliphatic rings. The minimum absolute atomic E-state index is 0.732. The third kappa shape index (κ3) is 3.14. The molecule has 0 bridgehead atoms. The van der Waals surface area contributed by atoms with Crippen LogP contribution in [-0.4, -0.2) is 13.7 Å². The summed E-state index contributed by atoms with van der Waals surface area (Å²) in [6, 6.07) is 18.1. The molecule has 0 fully saturated rings. The van der Waals surface area contributed by atoms with Crippen LogP contribution in [0.5, 0.6) is 5.75 Å². The fourth-order valence-corrected chi connectivity index (χ4v) is 1.69. The second-order valence-corrected chi connectivity index (χ2v) is 4.05. The van der Waals surface area contributed by atoms with Gasteiger partial charge >= 0.3 is 0 Å². The van der Waals surface area contributed by atoms with Crippen molar-refractivity contribution in [2.75, 3.05) is 19.0 Å². The molecule has 18 heavy (non-hydrogen) atoms. The van der Waals surface area contributed by atoms with Crippen molar-refractivity contribution in [3.8, 4) is 5.75 Å². The smallest absolute Gasteiger partial charge is 0.119 e. The minimum Gasteiger partial charge on any atom is -0.497 e. The molecule has 0 atom stereocenters. The quantitative estimate of drug-likeness (QED) is 0.856. The van der Waals surface area contributed by atoms with Crippen LogP contribution in [0, 0.1) is 0 Å². The summed E-state index contributed by atoms with van der Waals surface area (Å²) >= 11 is 0. The Bertz CT molecular complexity index is 502. The molecule has 2 heteroatoms. The first-order valence-corrected chi connectivity index (χ1v) is 5.91. The number of ether oxygens (including phenoxy) is 1.